The molecule has 0 unspecified atom stereocenters. The Morgan fingerprint density at radius 2 is 1.89 bits per heavy atom. The van der Waals surface area contributed by atoms with Gasteiger partial charge < -0.3 is 24.4 Å². The molecule has 1 heterocycles. The van der Waals surface area contributed by atoms with E-state index >= 15 is 0 Å². The number of urea groups is 1. The summed E-state index contributed by atoms with van der Waals surface area (Å²) >= 11 is 0. The van der Waals surface area contributed by atoms with Gasteiger partial charge >= 0.3 is 12.0 Å². The average molecular weight is 378 g/mol. The van der Waals surface area contributed by atoms with Gasteiger partial charge in [-0.15, -0.1) is 0 Å². The van der Waals surface area contributed by atoms with Gasteiger partial charge in [0.1, 0.15) is 0 Å². The second-order valence-electron chi connectivity index (χ2n) is 6.41. The number of methoxy groups -OCH3 is 1. The summed E-state index contributed by atoms with van der Waals surface area (Å²) in [6, 6.07) is 5.71. The van der Waals surface area contributed by atoms with Crippen molar-refractivity contribution < 1.29 is 23.8 Å². The van der Waals surface area contributed by atoms with Crippen molar-refractivity contribution >= 4 is 12.0 Å². The van der Waals surface area contributed by atoms with Crippen LogP contribution >= 0.6 is 0 Å². The number of hydrogen-bond acceptors (Lipinski definition) is 5. The van der Waals surface area contributed by atoms with Crippen LogP contribution in [0.5, 0.6) is 11.5 Å². The summed E-state index contributed by atoms with van der Waals surface area (Å²) in [6.45, 7) is 6.40. The molecule has 1 aromatic carbocycles. The number of carbonyl (C=O) groups excluding carboxylic acids is 2. The second-order valence-corrected chi connectivity index (χ2v) is 6.41. The highest BCUT2D eigenvalue weighted by atomic mass is 16.5. The predicted octanol–water partition coefficient (Wildman–Crippen LogP) is 2.62. The maximum absolute atomic E-state index is 12.3. The number of benzene rings is 1. The van der Waals surface area contributed by atoms with E-state index in [1.807, 2.05) is 25.1 Å². The number of rotatable bonds is 8. The molecule has 2 rings (SSSR count). The fourth-order valence-corrected chi connectivity index (χ4v) is 3.15. The van der Waals surface area contributed by atoms with E-state index in [-0.39, 0.29) is 17.9 Å². The molecule has 1 aliphatic heterocycles. The van der Waals surface area contributed by atoms with Gasteiger partial charge in [0.2, 0.25) is 0 Å². The standard InChI is InChI=1S/C20H30N2O5/c1-4-26-17-7-6-15(14-18(17)25-3)8-11-21-20(24)22-12-9-16(10-13-22)19(23)27-5-2/h6-7,14,16H,4-5,8-13H2,1-3H3,(H,21,24). The van der Waals surface area contributed by atoms with Crippen LogP contribution in [0, 0.1) is 5.92 Å². The zero-order chi connectivity index (χ0) is 19.6. The van der Waals surface area contributed by atoms with Gasteiger partial charge in [0, 0.05) is 19.6 Å². The molecule has 2 amide bonds. The van der Waals surface area contributed by atoms with E-state index in [2.05, 4.69) is 5.32 Å². The SMILES string of the molecule is CCOC(=O)C1CCN(C(=O)NCCc2ccc(OCC)c(OC)c2)CC1. The summed E-state index contributed by atoms with van der Waals surface area (Å²) in [7, 11) is 1.61. The number of piperidine rings is 1. The van der Waals surface area contributed by atoms with Crippen LogP contribution in [0.25, 0.3) is 0 Å². The van der Waals surface area contributed by atoms with Crippen molar-refractivity contribution in [1.29, 1.82) is 0 Å². The summed E-state index contributed by atoms with van der Waals surface area (Å²) in [5.41, 5.74) is 1.07. The minimum absolute atomic E-state index is 0.0878. The topological polar surface area (TPSA) is 77.1 Å². The van der Waals surface area contributed by atoms with Gasteiger partial charge in [-0.1, -0.05) is 6.07 Å². The van der Waals surface area contributed by atoms with Gasteiger partial charge in [-0.25, -0.2) is 4.79 Å². The first-order valence-corrected chi connectivity index (χ1v) is 9.58. The summed E-state index contributed by atoms with van der Waals surface area (Å²) in [5.74, 6) is 1.17. The highest BCUT2D eigenvalue weighted by Gasteiger charge is 2.27. The summed E-state index contributed by atoms with van der Waals surface area (Å²) in [4.78, 5) is 25.8. The van der Waals surface area contributed by atoms with Crippen molar-refractivity contribution in [2.75, 3.05) is 40.0 Å². The van der Waals surface area contributed by atoms with Crippen LogP contribution < -0.4 is 14.8 Å². The maximum atomic E-state index is 12.3. The molecular formula is C20H30N2O5. The monoisotopic (exact) mass is 378 g/mol. The van der Waals surface area contributed by atoms with Crippen LogP contribution in [0.4, 0.5) is 4.79 Å². The summed E-state index contributed by atoms with van der Waals surface area (Å²) < 4.78 is 15.9. The van der Waals surface area contributed by atoms with Crippen molar-refractivity contribution in [2.24, 2.45) is 5.92 Å². The average Bonchev–Trinajstić information content (AvgIpc) is 2.69. The van der Waals surface area contributed by atoms with Crippen LogP contribution in [0.1, 0.15) is 32.3 Å². The first kappa shape index (κ1) is 20.9. The molecule has 1 fully saturated rings. The van der Waals surface area contributed by atoms with Crippen LogP contribution in [0.2, 0.25) is 0 Å². The van der Waals surface area contributed by atoms with Gasteiger partial charge in [-0.3, -0.25) is 4.79 Å². The number of hydrogen-bond donors (Lipinski definition) is 1. The lowest BCUT2D eigenvalue weighted by molar-refractivity contribution is -0.149. The normalized spacial score (nSPS) is 14.6. The number of nitrogens with one attached hydrogen (secondary N) is 1. The maximum Gasteiger partial charge on any atom is 0.317 e. The van der Waals surface area contributed by atoms with E-state index in [1.54, 1.807) is 18.9 Å². The molecule has 1 N–H and O–H groups in total. The lowest BCUT2D eigenvalue weighted by Gasteiger charge is -2.30. The van der Waals surface area contributed by atoms with Gasteiger partial charge in [0.15, 0.2) is 11.5 Å². The Bertz CT molecular complexity index is 627. The third kappa shape index (κ3) is 6.05. The van der Waals surface area contributed by atoms with E-state index < -0.39 is 0 Å². The van der Waals surface area contributed by atoms with Gasteiger partial charge in [-0.05, 0) is 50.8 Å². The molecule has 0 aromatic heterocycles. The van der Waals surface area contributed by atoms with Crippen molar-refractivity contribution in [3.8, 4) is 11.5 Å². The molecule has 1 aliphatic rings. The van der Waals surface area contributed by atoms with E-state index in [9.17, 15) is 9.59 Å². The first-order chi connectivity index (χ1) is 13.1. The summed E-state index contributed by atoms with van der Waals surface area (Å²) in [5, 5.41) is 2.95. The summed E-state index contributed by atoms with van der Waals surface area (Å²) in [6.07, 6.45) is 2.01. The Morgan fingerprint density at radius 1 is 1.15 bits per heavy atom. The fourth-order valence-electron chi connectivity index (χ4n) is 3.15. The third-order valence-corrected chi connectivity index (χ3v) is 4.62. The largest absolute Gasteiger partial charge is 0.493 e. The number of ether oxygens (including phenoxy) is 3. The molecule has 0 spiro atoms. The second kappa shape index (κ2) is 10.6. The minimum Gasteiger partial charge on any atom is -0.493 e. The highest BCUT2D eigenvalue weighted by Crippen LogP contribution is 2.28. The smallest absolute Gasteiger partial charge is 0.317 e. The van der Waals surface area contributed by atoms with Crippen molar-refractivity contribution in [2.45, 2.75) is 33.1 Å². The van der Waals surface area contributed by atoms with Crippen LogP contribution in [0.3, 0.4) is 0 Å². The van der Waals surface area contributed by atoms with Gasteiger partial charge in [0.25, 0.3) is 0 Å². The molecule has 0 aliphatic carbocycles. The molecule has 27 heavy (non-hydrogen) atoms. The van der Waals surface area contributed by atoms with E-state index in [0.717, 1.165) is 11.3 Å². The number of carbonyl (C=O) groups is 2. The van der Waals surface area contributed by atoms with Crippen LogP contribution in [0.15, 0.2) is 18.2 Å². The number of nitrogens with zero attached hydrogens (tertiary/aromatic N) is 1. The van der Waals surface area contributed by atoms with Gasteiger partial charge in [-0.2, -0.15) is 0 Å². The van der Waals surface area contributed by atoms with Crippen molar-refractivity contribution in [3.05, 3.63) is 23.8 Å². The molecule has 0 radical (unpaired) electrons. The lowest BCUT2D eigenvalue weighted by atomic mass is 9.97. The van der Waals surface area contributed by atoms with E-state index in [4.69, 9.17) is 14.2 Å². The number of amides is 2. The van der Waals surface area contributed by atoms with Crippen molar-refractivity contribution in [3.63, 3.8) is 0 Å². The van der Waals surface area contributed by atoms with Crippen LogP contribution in [-0.2, 0) is 16.0 Å². The molecule has 7 heteroatoms. The zero-order valence-electron chi connectivity index (χ0n) is 16.5. The number of esters is 1. The molecular weight excluding hydrogens is 348 g/mol. The first-order valence-electron chi connectivity index (χ1n) is 9.58. The highest BCUT2D eigenvalue weighted by molar-refractivity contribution is 5.76. The molecule has 0 atom stereocenters. The Hall–Kier alpha value is -2.44. The van der Waals surface area contributed by atoms with Gasteiger partial charge in [0.05, 0.1) is 26.2 Å². The van der Waals surface area contributed by atoms with E-state index in [0.29, 0.717) is 57.9 Å². The molecule has 1 saturated heterocycles. The molecule has 0 saturated carbocycles. The minimum atomic E-state index is -0.151. The molecule has 1 aromatic rings. The Labute approximate surface area is 161 Å². The lowest BCUT2D eigenvalue weighted by Crippen LogP contribution is -2.46. The fraction of sp³-hybridized carbons (Fsp3) is 0.600. The predicted molar refractivity (Wildman–Crippen MR) is 102 cm³/mol. The molecule has 7 nitrogen and oxygen atoms in total. The molecule has 0 bridgehead atoms. The Balaban J connectivity index is 1.76. The third-order valence-electron chi connectivity index (χ3n) is 4.62. The number of likely N-dealkylation sites (tertiary alicyclic amines) is 1. The quantitative estimate of drug-likeness (QED) is 0.704. The van der Waals surface area contributed by atoms with Crippen LogP contribution in [-0.4, -0.2) is 56.9 Å². The Morgan fingerprint density at radius 3 is 2.52 bits per heavy atom. The zero-order valence-corrected chi connectivity index (χ0v) is 16.5. The Kier molecular flexibility index (Phi) is 8.23. The molecule has 150 valence electrons. The van der Waals surface area contributed by atoms with E-state index in [1.165, 1.54) is 0 Å². The van der Waals surface area contributed by atoms with Crippen molar-refractivity contribution in [1.82, 2.24) is 10.2 Å².